The summed E-state index contributed by atoms with van der Waals surface area (Å²) in [6.45, 7) is 0. The zero-order valence-electron chi connectivity index (χ0n) is 15.6. The van der Waals surface area contributed by atoms with Crippen LogP contribution in [0.1, 0.15) is 21.6 Å². The Morgan fingerprint density at radius 2 is 1.84 bits per heavy atom. The van der Waals surface area contributed by atoms with E-state index in [-0.39, 0.29) is 27.9 Å². The topological polar surface area (TPSA) is 127 Å². The van der Waals surface area contributed by atoms with Gasteiger partial charge in [-0.15, -0.1) is 4.80 Å². The van der Waals surface area contributed by atoms with E-state index in [1.165, 1.54) is 36.8 Å². The van der Waals surface area contributed by atoms with Crippen molar-refractivity contribution in [3.05, 3.63) is 71.0 Å². The second-order valence-electron chi connectivity index (χ2n) is 6.10. The number of anilines is 1. The molecule has 0 aromatic carbocycles. The van der Waals surface area contributed by atoms with Gasteiger partial charge in [0, 0.05) is 6.20 Å². The Morgan fingerprint density at radius 3 is 2.50 bits per heavy atom. The first-order valence-corrected chi connectivity index (χ1v) is 9.01. The molecular formula is C18H9ClF3N9O. The Balaban J connectivity index is 1.70. The lowest BCUT2D eigenvalue weighted by atomic mass is 10.2. The van der Waals surface area contributed by atoms with Gasteiger partial charge in [-0.25, -0.2) is 14.6 Å². The summed E-state index contributed by atoms with van der Waals surface area (Å²) in [4.78, 5) is 21.6. The summed E-state index contributed by atoms with van der Waals surface area (Å²) in [5, 5.41) is 22.9. The summed E-state index contributed by atoms with van der Waals surface area (Å²) in [6, 6.07) is 5.89. The second kappa shape index (κ2) is 8.08. The van der Waals surface area contributed by atoms with E-state index in [0.717, 1.165) is 17.2 Å². The highest BCUT2D eigenvalue weighted by Crippen LogP contribution is 2.34. The highest BCUT2D eigenvalue weighted by Gasteiger charge is 2.41. The fraction of sp³-hybridized carbons (Fsp3) is 0.0556. The number of alkyl halides is 3. The van der Waals surface area contributed by atoms with Gasteiger partial charge in [-0.05, 0) is 18.2 Å². The molecule has 0 aliphatic heterocycles. The highest BCUT2D eigenvalue weighted by molar-refractivity contribution is 6.32. The van der Waals surface area contributed by atoms with Crippen LogP contribution in [0.3, 0.4) is 0 Å². The van der Waals surface area contributed by atoms with Crippen molar-refractivity contribution in [1.82, 2.24) is 34.7 Å². The van der Waals surface area contributed by atoms with Crippen molar-refractivity contribution in [3.63, 3.8) is 0 Å². The number of hydrogen-bond acceptors (Lipinski definition) is 7. The number of rotatable bonds is 4. The maximum absolute atomic E-state index is 13.8. The molecule has 0 spiro atoms. The summed E-state index contributed by atoms with van der Waals surface area (Å²) >= 11 is 5.95. The number of pyridine rings is 2. The van der Waals surface area contributed by atoms with Gasteiger partial charge in [0.05, 0.1) is 41.1 Å². The third-order valence-corrected chi connectivity index (χ3v) is 4.37. The van der Waals surface area contributed by atoms with Crippen LogP contribution >= 0.6 is 11.6 Å². The van der Waals surface area contributed by atoms with Gasteiger partial charge < -0.3 is 5.32 Å². The molecule has 4 aromatic heterocycles. The minimum atomic E-state index is -4.95. The molecule has 10 nitrogen and oxygen atoms in total. The first kappa shape index (κ1) is 20.9. The molecule has 4 aromatic rings. The van der Waals surface area contributed by atoms with Gasteiger partial charge in [0.15, 0.2) is 17.3 Å². The van der Waals surface area contributed by atoms with Crippen molar-refractivity contribution >= 4 is 23.2 Å². The predicted octanol–water partition coefficient (Wildman–Crippen LogP) is 3.04. The Labute approximate surface area is 181 Å². The lowest BCUT2D eigenvalue weighted by molar-refractivity contribution is -0.143. The van der Waals surface area contributed by atoms with Crippen LogP contribution in [-0.2, 0) is 6.18 Å². The number of nitrogens with zero attached hydrogens (tertiary/aromatic N) is 8. The normalized spacial score (nSPS) is 11.2. The van der Waals surface area contributed by atoms with E-state index >= 15 is 0 Å². The number of halogens is 4. The Bertz CT molecular complexity index is 1340. The molecule has 0 bridgehead atoms. The summed E-state index contributed by atoms with van der Waals surface area (Å²) in [6.07, 6.45) is 0.962. The van der Waals surface area contributed by atoms with E-state index in [1.807, 2.05) is 6.07 Å². The van der Waals surface area contributed by atoms with E-state index in [2.05, 4.69) is 30.6 Å². The molecule has 0 saturated heterocycles. The van der Waals surface area contributed by atoms with Gasteiger partial charge in [0.2, 0.25) is 0 Å². The molecule has 0 atom stereocenters. The monoisotopic (exact) mass is 459 g/mol. The minimum absolute atomic E-state index is 0.00833. The molecule has 0 radical (unpaired) electrons. The number of amides is 1. The average Bonchev–Trinajstić information content (AvgIpc) is 3.44. The van der Waals surface area contributed by atoms with Crippen molar-refractivity contribution in [2.24, 2.45) is 0 Å². The van der Waals surface area contributed by atoms with Gasteiger partial charge in [-0.1, -0.05) is 11.6 Å². The smallest absolute Gasteiger partial charge is 0.320 e. The fourth-order valence-corrected chi connectivity index (χ4v) is 2.97. The molecule has 0 saturated carbocycles. The molecule has 32 heavy (non-hydrogen) atoms. The molecule has 0 aliphatic carbocycles. The van der Waals surface area contributed by atoms with Crippen LogP contribution in [0.5, 0.6) is 0 Å². The molecule has 0 aliphatic rings. The Kier molecular flexibility index (Phi) is 5.29. The van der Waals surface area contributed by atoms with Crippen LogP contribution in [0.4, 0.5) is 18.9 Å². The average molecular weight is 460 g/mol. The van der Waals surface area contributed by atoms with Crippen LogP contribution in [0, 0.1) is 11.3 Å². The largest absolute Gasteiger partial charge is 0.434 e. The summed E-state index contributed by atoms with van der Waals surface area (Å²) < 4.78 is 41.9. The molecule has 0 fully saturated rings. The Hall–Kier alpha value is -4.31. The summed E-state index contributed by atoms with van der Waals surface area (Å²) in [5.74, 6) is -1.32. The maximum atomic E-state index is 13.8. The number of aromatic nitrogens is 7. The molecule has 1 N–H and O–H groups in total. The maximum Gasteiger partial charge on any atom is 0.434 e. The number of nitriles is 1. The highest BCUT2D eigenvalue weighted by atomic mass is 35.5. The van der Waals surface area contributed by atoms with E-state index in [1.54, 1.807) is 0 Å². The van der Waals surface area contributed by atoms with E-state index < -0.39 is 23.3 Å². The van der Waals surface area contributed by atoms with Crippen molar-refractivity contribution < 1.29 is 18.0 Å². The van der Waals surface area contributed by atoms with Gasteiger partial charge in [-0.2, -0.15) is 33.7 Å². The fourth-order valence-electron chi connectivity index (χ4n) is 2.77. The SMILES string of the molecule is N#Cc1cc(NC(=O)c2cnn(-c3ncccc3Cl)c2C(F)(F)F)cnc1-n1nccn1. The lowest BCUT2D eigenvalue weighted by Gasteiger charge is -2.13. The Morgan fingerprint density at radius 1 is 1.09 bits per heavy atom. The third-order valence-electron chi connectivity index (χ3n) is 4.08. The van der Waals surface area contributed by atoms with Crippen molar-refractivity contribution in [3.8, 4) is 17.7 Å². The molecule has 14 heteroatoms. The number of hydrogen-bond donors (Lipinski definition) is 1. The van der Waals surface area contributed by atoms with Gasteiger partial charge in [-0.3, -0.25) is 4.79 Å². The van der Waals surface area contributed by atoms with Crippen LogP contribution in [0.2, 0.25) is 5.02 Å². The molecule has 160 valence electrons. The van der Waals surface area contributed by atoms with Gasteiger partial charge >= 0.3 is 6.18 Å². The quantitative estimate of drug-likeness (QED) is 0.496. The standard InChI is InChI=1S/C18H9ClF3N9O/c19-13-2-1-3-24-16(13)30-14(18(20,21)22)12(9-28-30)17(32)29-11-6-10(7-23)15(25-8-11)31-26-4-5-27-31/h1-6,8-9H,(H,29,32). The summed E-state index contributed by atoms with van der Waals surface area (Å²) in [5.41, 5.74) is -2.15. The number of carbonyl (C=O) groups excluding carboxylic acids is 1. The zero-order valence-corrected chi connectivity index (χ0v) is 16.4. The summed E-state index contributed by atoms with van der Waals surface area (Å²) in [7, 11) is 0. The molecule has 1 amide bonds. The number of carbonyl (C=O) groups is 1. The van der Waals surface area contributed by atoms with Crippen LogP contribution in [0.15, 0.2) is 49.2 Å². The second-order valence-corrected chi connectivity index (χ2v) is 6.51. The molecule has 4 rings (SSSR count). The van der Waals surface area contributed by atoms with E-state index in [4.69, 9.17) is 11.6 Å². The van der Waals surface area contributed by atoms with Crippen molar-refractivity contribution in [2.75, 3.05) is 5.32 Å². The molecule has 4 heterocycles. The molecular weight excluding hydrogens is 451 g/mol. The van der Waals surface area contributed by atoms with Crippen molar-refractivity contribution in [1.29, 1.82) is 5.26 Å². The van der Waals surface area contributed by atoms with Gasteiger partial charge in [0.25, 0.3) is 5.91 Å². The first-order valence-electron chi connectivity index (χ1n) is 8.64. The van der Waals surface area contributed by atoms with Gasteiger partial charge in [0.1, 0.15) is 11.6 Å². The third kappa shape index (κ3) is 3.86. The van der Waals surface area contributed by atoms with Crippen LogP contribution in [-0.4, -0.2) is 40.6 Å². The van der Waals surface area contributed by atoms with E-state index in [0.29, 0.717) is 4.68 Å². The first-order chi connectivity index (χ1) is 15.3. The molecule has 0 unspecified atom stereocenters. The van der Waals surface area contributed by atoms with E-state index in [9.17, 15) is 23.2 Å². The minimum Gasteiger partial charge on any atom is -0.320 e. The zero-order chi connectivity index (χ0) is 22.9. The lowest BCUT2D eigenvalue weighted by Crippen LogP contribution is -2.21. The number of nitrogens with one attached hydrogen (secondary N) is 1. The predicted molar refractivity (Wildman–Crippen MR) is 103 cm³/mol. The van der Waals surface area contributed by atoms with Crippen LogP contribution in [0.25, 0.3) is 11.6 Å². The van der Waals surface area contributed by atoms with Crippen molar-refractivity contribution in [2.45, 2.75) is 6.18 Å². The van der Waals surface area contributed by atoms with Crippen LogP contribution < -0.4 is 5.32 Å².